The van der Waals surface area contributed by atoms with Crippen LogP contribution in [0.15, 0.2) is 58.3 Å². The Bertz CT molecular complexity index is 919. The number of carbonyl (C=O) groups is 1. The number of rotatable bonds is 8. The first-order chi connectivity index (χ1) is 13.6. The Morgan fingerprint density at radius 2 is 2.04 bits per heavy atom. The number of nitrogens with zero attached hydrogens (tertiary/aromatic N) is 4. The predicted molar refractivity (Wildman–Crippen MR) is 108 cm³/mol. The van der Waals surface area contributed by atoms with E-state index in [2.05, 4.69) is 14.8 Å². The standard InChI is InChI=1S/C21H24N4O2S/c1-15(16-7-4-3-5-8-16)24(2)19(26)14-28-21-23-22-20(17-10-11-17)25(21)13-18-9-6-12-27-18/h3-9,12,15,17H,10-11,13-14H2,1-2H3. The third-order valence-corrected chi connectivity index (χ3v) is 6.11. The van der Waals surface area contributed by atoms with Gasteiger partial charge < -0.3 is 9.32 Å². The number of aromatic nitrogens is 3. The van der Waals surface area contributed by atoms with Crippen LogP contribution in [0.5, 0.6) is 0 Å². The lowest BCUT2D eigenvalue weighted by atomic mass is 10.1. The van der Waals surface area contributed by atoms with E-state index in [1.807, 2.05) is 56.4 Å². The number of hydrogen-bond acceptors (Lipinski definition) is 5. The third kappa shape index (κ3) is 4.14. The van der Waals surface area contributed by atoms with Crippen LogP contribution < -0.4 is 0 Å². The van der Waals surface area contributed by atoms with Gasteiger partial charge in [-0.3, -0.25) is 9.36 Å². The highest BCUT2D eigenvalue weighted by molar-refractivity contribution is 7.99. The summed E-state index contributed by atoms with van der Waals surface area (Å²) in [5.41, 5.74) is 1.13. The van der Waals surface area contributed by atoms with Gasteiger partial charge in [0.2, 0.25) is 5.91 Å². The maximum Gasteiger partial charge on any atom is 0.233 e. The summed E-state index contributed by atoms with van der Waals surface area (Å²) in [7, 11) is 1.85. The average Bonchev–Trinajstić information content (AvgIpc) is 3.29. The van der Waals surface area contributed by atoms with Crippen molar-refractivity contribution in [3.05, 3.63) is 65.9 Å². The lowest BCUT2D eigenvalue weighted by molar-refractivity contribution is -0.128. The minimum Gasteiger partial charge on any atom is -0.467 e. The Morgan fingerprint density at radius 1 is 1.25 bits per heavy atom. The molecule has 0 saturated heterocycles. The van der Waals surface area contributed by atoms with Gasteiger partial charge in [-0.25, -0.2) is 0 Å². The second-order valence-corrected chi connectivity index (χ2v) is 8.10. The molecule has 0 radical (unpaired) electrons. The summed E-state index contributed by atoms with van der Waals surface area (Å²) in [5, 5.41) is 9.52. The molecule has 1 atom stereocenters. The van der Waals surface area contributed by atoms with Crippen molar-refractivity contribution in [2.45, 2.75) is 43.4 Å². The molecule has 6 nitrogen and oxygen atoms in total. The van der Waals surface area contributed by atoms with Crippen LogP contribution in [0.25, 0.3) is 0 Å². The summed E-state index contributed by atoms with van der Waals surface area (Å²) in [6.45, 7) is 2.64. The molecule has 0 bridgehead atoms. The fourth-order valence-corrected chi connectivity index (χ4v) is 4.03. The molecule has 1 aromatic carbocycles. The SMILES string of the molecule is CC(c1ccccc1)N(C)C(=O)CSc1nnc(C2CC2)n1Cc1ccco1. The van der Waals surface area contributed by atoms with Crippen molar-refractivity contribution in [2.75, 3.05) is 12.8 Å². The van der Waals surface area contributed by atoms with Crippen molar-refractivity contribution in [3.8, 4) is 0 Å². The summed E-state index contributed by atoms with van der Waals surface area (Å²) < 4.78 is 7.59. The molecule has 7 heteroatoms. The summed E-state index contributed by atoms with van der Waals surface area (Å²) in [6, 6.07) is 13.9. The van der Waals surface area contributed by atoms with E-state index in [0.717, 1.165) is 35.1 Å². The Kier molecular flexibility index (Phi) is 5.52. The van der Waals surface area contributed by atoms with Crippen LogP contribution in [0, 0.1) is 0 Å². The molecule has 1 aliphatic rings. The number of thioether (sulfide) groups is 1. The number of amides is 1. The minimum atomic E-state index is 0.0253. The summed E-state index contributed by atoms with van der Waals surface area (Å²) >= 11 is 1.44. The zero-order chi connectivity index (χ0) is 19.5. The van der Waals surface area contributed by atoms with Gasteiger partial charge in [0.1, 0.15) is 11.6 Å². The lowest BCUT2D eigenvalue weighted by Crippen LogP contribution is -2.31. The van der Waals surface area contributed by atoms with Crippen LogP contribution >= 0.6 is 11.8 Å². The molecule has 0 aliphatic heterocycles. The molecule has 1 aliphatic carbocycles. The van der Waals surface area contributed by atoms with Gasteiger partial charge in [-0.1, -0.05) is 42.1 Å². The van der Waals surface area contributed by atoms with Gasteiger partial charge in [0.15, 0.2) is 5.16 Å². The number of benzene rings is 1. The van der Waals surface area contributed by atoms with E-state index in [0.29, 0.717) is 18.2 Å². The minimum absolute atomic E-state index is 0.0253. The number of furan rings is 1. The molecule has 2 heterocycles. The molecule has 0 N–H and O–H groups in total. The van der Waals surface area contributed by atoms with Crippen LogP contribution in [0.1, 0.15) is 48.9 Å². The van der Waals surface area contributed by atoms with Crippen LogP contribution in [-0.2, 0) is 11.3 Å². The highest BCUT2D eigenvalue weighted by atomic mass is 32.2. The second-order valence-electron chi connectivity index (χ2n) is 7.16. The van der Waals surface area contributed by atoms with Gasteiger partial charge in [-0.05, 0) is 37.5 Å². The van der Waals surface area contributed by atoms with Crippen molar-refractivity contribution in [1.29, 1.82) is 0 Å². The zero-order valence-corrected chi connectivity index (χ0v) is 16.9. The molecular formula is C21H24N4O2S. The van der Waals surface area contributed by atoms with E-state index in [9.17, 15) is 4.79 Å². The summed E-state index contributed by atoms with van der Waals surface area (Å²) in [6.07, 6.45) is 3.97. The molecule has 1 saturated carbocycles. The van der Waals surface area contributed by atoms with E-state index >= 15 is 0 Å². The number of carbonyl (C=O) groups excluding carboxylic acids is 1. The molecule has 28 heavy (non-hydrogen) atoms. The average molecular weight is 397 g/mol. The maximum atomic E-state index is 12.7. The van der Waals surface area contributed by atoms with Crippen molar-refractivity contribution in [2.24, 2.45) is 0 Å². The topological polar surface area (TPSA) is 64.2 Å². The van der Waals surface area contributed by atoms with Crippen molar-refractivity contribution < 1.29 is 9.21 Å². The monoisotopic (exact) mass is 396 g/mol. The molecule has 3 aromatic rings. The molecule has 4 rings (SSSR count). The van der Waals surface area contributed by atoms with Crippen molar-refractivity contribution in [1.82, 2.24) is 19.7 Å². The zero-order valence-electron chi connectivity index (χ0n) is 16.1. The smallest absolute Gasteiger partial charge is 0.233 e. The third-order valence-electron chi connectivity index (χ3n) is 5.16. The predicted octanol–water partition coefficient (Wildman–Crippen LogP) is 4.11. The van der Waals surface area contributed by atoms with E-state index in [-0.39, 0.29) is 11.9 Å². The second kappa shape index (κ2) is 8.22. The lowest BCUT2D eigenvalue weighted by Gasteiger charge is -2.25. The molecule has 1 amide bonds. The molecular weight excluding hydrogens is 372 g/mol. The highest BCUT2D eigenvalue weighted by Crippen LogP contribution is 2.40. The Labute approximate surface area is 168 Å². The van der Waals surface area contributed by atoms with Crippen LogP contribution in [0.4, 0.5) is 0 Å². The molecule has 0 spiro atoms. The summed E-state index contributed by atoms with van der Waals surface area (Å²) in [4.78, 5) is 14.5. The molecule has 1 unspecified atom stereocenters. The van der Waals surface area contributed by atoms with Gasteiger partial charge in [-0.2, -0.15) is 0 Å². The summed E-state index contributed by atoms with van der Waals surface area (Å²) in [5.74, 6) is 2.74. The van der Waals surface area contributed by atoms with Gasteiger partial charge in [0.25, 0.3) is 0 Å². The largest absolute Gasteiger partial charge is 0.467 e. The highest BCUT2D eigenvalue weighted by Gasteiger charge is 2.31. The Balaban J connectivity index is 1.43. The quantitative estimate of drug-likeness (QED) is 0.536. The van der Waals surface area contributed by atoms with E-state index in [4.69, 9.17) is 4.42 Å². The number of hydrogen-bond donors (Lipinski definition) is 0. The molecule has 2 aromatic heterocycles. The fraction of sp³-hybridized carbons (Fsp3) is 0.381. The van der Waals surface area contributed by atoms with Gasteiger partial charge in [-0.15, -0.1) is 10.2 Å². The van der Waals surface area contributed by atoms with E-state index in [1.165, 1.54) is 11.8 Å². The van der Waals surface area contributed by atoms with Crippen molar-refractivity contribution in [3.63, 3.8) is 0 Å². The van der Waals surface area contributed by atoms with Gasteiger partial charge >= 0.3 is 0 Å². The van der Waals surface area contributed by atoms with Crippen LogP contribution in [0.2, 0.25) is 0 Å². The maximum absolute atomic E-state index is 12.7. The van der Waals surface area contributed by atoms with Gasteiger partial charge in [0.05, 0.1) is 24.6 Å². The van der Waals surface area contributed by atoms with E-state index in [1.54, 1.807) is 11.2 Å². The van der Waals surface area contributed by atoms with Crippen LogP contribution in [0.3, 0.4) is 0 Å². The first-order valence-corrected chi connectivity index (χ1v) is 10.5. The van der Waals surface area contributed by atoms with Gasteiger partial charge in [0, 0.05) is 13.0 Å². The fourth-order valence-electron chi connectivity index (χ4n) is 3.16. The van der Waals surface area contributed by atoms with E-state index < -0.39 is 0 Å². The Hall–Kier alpha value is -2.54. The first-order valence-electron chi connectivity index (χ1n) is 9.52. The first kappa shape index (κ1) is 18.8. The van der Waals surface area contributed by atoms with Crippen molar-refractivity contribution >= 4 is 17.7 Å². The Morgan fingerprint density at radius 3 is 2.71 bits per heavy atom. The normalized spacial score (nSPS) is 14.8. The molecule has 1 fully saturated rings. The molecule has 146 valence electrons. The van der Waals surface area contributed by atoms with Crippen LogP contribution in [-0.4, -0.2) is 38.4 Å².